The SMILES string of the molecule is CSCCN(C)S(=O)(=O)c1ccc(CCl)c(Cl)c1. The molecule has 102 valence electrons. The van der Waals surface area contributed by atoms with E-state index < -0.39 is 10.0 Å². The second kappa shape index (κ2) is 7.01. The van der Waals surface area contributed by atoms with E-state index in [1.807, 2.05) is 6.26 Å². The molecule has 0 saturated heterocycles. The van der Waals surface area contributed by atoms with Crippen LogP contribution in [0.4, 0.5) is 0 Å². The summed E-state index contributed by atoms with van der Waals surface area (Å²) in [6, 6.07) is 4.63. The maximum atomic E-state index is 12.2. The molecule has 0 aromatic heterocycles. The molecular weight excluding hydrogens is 313 g/mol. The van der Waals surface area contributed by atoms with Gasteiger partial charge in [0.25, 0.3) is 0 Å². The van der Waals surface area contributed by atoms with E-state index in [4.69, 9.17) is 23.2 Å². The van der Waals surface area contributed by atoms with Crippen LogP contribution in [0.25, 0.3) is 0 Å². The summed E-state index contributed by atoms with van der Waals surface area (Å²) < 4.78 is 25.8. The molecule has 1 aromatic carbocycles. The number of thioether (sulfide) groups is 1. The molecule has 1 aromatic rings. The molecule has 0 aliphatic carbocycles. The van der Waals surface area contributed by atoms with Gasteiger partial charge < -0.3 is 0 Å². The highest BCUT2D eigenvalue weighted by molar-refractivity contribution is 7.98. The molecule has 0 N–H and O–H groups in total. The highest BCUT2D eigenvalue weighted by atomic mass is 35.5. The molecule has 18 heavy (non-hydrogen) atoms. The zero-order valence-corrected chi connectivity index (χ0v) is 13.3. The van der Waals surface area contributed by atoms with E-state index in [-0.39, 0.29) is 10.8 Å². The summed E-state index contributed by atoms with van der Waals surface area (Å²) in [6.07, 6.45) is 1.94. The van der Waals surface area contributed by atoms with E-state index in [1.165, 1.54) is 16.4 Å². The zero-order valence-electron chi connectivity index (χ0n) is 10.2. The molecule has 0 aliphatic rings. The van der Waals surface area contributed by atoms with Crippen molar-refractivity contribution in [3.63, 3.8) is 0 Å². The van der Waals surface area contributed by atoms with Crippen molar-refractivity contribution in [1.82, 2.24) is 4.31 Å². The molecule has 3 nitrogen and oxygen atoms in total. The number of halogens is 2. The Balaban J connectivity index is 3.01. The van der Waals surface area contributed by atoms with Crippen LogP contribution in [0.15, 0.2) is 23.1 Å². The molecule has 7 heteroatoms. The van der Waals surface area contributed by atoms with E-state index in [9.17, 15) is 8.42 Å². The van der Waals surface area contributed by atoms with Crippen LogP contribution >= 0.6 is 35.0 Å². The van der Waals surface area contributed by atoms with Crippen molar-refractivity contribution in [1.29, 1.82) is 0 Å². The first-order chi connectivity index (χ1) is 8.43. The number of benzene rings is 1. The van der Waals surface area contributed by atoms with Crippen LogP contribution in [0.3, 0.4) is 0 Å². The first-order valence-electron chi connectivity index (χ1n) is 5.23. The Kier molecular flexibility index (Phi) is 6.27. The molecule has 0 atom stereocenters. The summed E-state index contributed by atoms with van der Waals surface area (Å²) in [5.74, 6) is 1.02. The lowest BCUT2D eigenvalue weighted by Crippen LogP contribution is -2.29. The van der Waals surface area contributed by atoms with Gasteiger partial charge >= 0.3 is 0 Å². The number of alkyl halides is 1. The van der Waals surface area contributed by atoms with Crippen LogP contribution in [0.2, 0.25) is 5.02 Å². The van der Waals surface area contributed by atoms with Crippen LogP contribution in [-0.2, 0) is 15.9 Å². The van der Waals surface area contributed by atoms with Gasteiger partial charge in [0.05, 0.1) is 4.90 Å². The highest BCUT2D eigenvalue weighted by Crippen LogP contribution is 2.24. The molecule has 0 unspecified atom stereocenters. The van der Waals surface area contributed by atoms with Crippen molar-refractivity contribution in [2.75, 3.05) is 25.6 Å². The molecule has 0 saturated carbocycles. The van der Waals surface area contributed by atoms with Gasteiger partial charge in [0.15, 0.2) is 0 Å². The normalized spacial score (nSPS) is 12.1. The Morgan fingerprint density at radius 1 is 1.39 bits per heavy atom. The van der Waals surface area contributed by atoms with Gasteiger partial charge in [-0.3, -0.25) is 0 Å². The van der Waals surface area contributed by atoms with Gasteiger partial charge in [0, 0.05) is 30.2 Å². The number of hydrogen-bond donors (Lipinski definition) is 0. The van der Waals surface area contributed by atoms with Gasteiger partial charge in [-0.2, -0.15) is 11.8 Å². The van der Waals surface area contributed by atoms with Crippen molar-refractivity contribution in [3.05, 3.63) is 28.8 Å². The second-order valence-corrected chi connectivity index (χ2v) is 7.41. The summed E-state index contributed by atoms with van der Waals surface area (Å²) in [4.78, 5) is 0.199. The van der Waals surface area contributed by atoms with E-state index >= 15 is 0 Å². The molecule has 1 rings (SSSR count). The number of hydrogen-bond acceptors (Lipinski definition) is 3. The average molecular weight is 328 g/mol. The maximum absolute atomic E-state index is 12.2. The minimum Gasteiger partial charge on any atom is -0.207 e. The third kappa shape index (κ3) is 3.78. The predicted molar refractivity (Wildman–Crippen MR) is 79.2 cm³/mol. The van der Waals surface area contributed by atoms with Crippen molar-refractivity contribution in [2.24, 2.45) is 0 Å². The average Bonchev–Trinajstić information content (AvgIpc) is 2.35. The van der Waals surface area contributed by atoms with Gasteiger partial charge in [0.2, 0.25) is 10.0 Å². The molecule has 0 spiro atoms. The first kappa shape index (κ1) is 16.1. The van der Waals surface area contributed by atoms with E-state index in [0.717, 1.165) is 11.3 Å². The van der Waals surface area contributed by atoms with E-state index in [0.29, 0.717) is 11.6 Å². The van der Waals surface area contributed by atoms with E-state index in [2.05, 4.69) is 0 Å². The number of nitrogens with zero attached hydrogens (tertiary/aromatic N) is 1. The minimum absolute atomic E-state index is 0.199. The molecule has 0 radical (unpaired) electrons. The summed E-state index contributed by atoms with van der Waals surface area (Å²) in [6.45, 7) is 0.471. The fraction of sp³-hybridized carbons (Fsp3) is 0.455. The fourth-order valence-electron chi connectivity index (χ4n) is 1.32. The molecule has 0 amide bonds. The summed E-state index contributed by atoms with van der Waals surface area (Å²) in [5.41, 5.74) is 0.726. The van der Waals surface area contributed by atoms with Crippen LogP contribution in [0.5, 0.6) is 0 Å². The van der Waals surface area contributed by atoms with Gasteiger partial charge in [0.1, 0.15) is 0 Å². The standard InChI is InChI=1S/C11H15Cl2NO2S2/c1-14(5-6-17-2)18(15,16)10-4-3-9(8-12)11(13)7-10/h3-4,7H,5-6,8H2,1-2H3. The number of sulfonamides is 1. The Morgan fingerprint density at radius 2 is 2.06 bits per heavy atom. The quantitative estimate of drug-likeness (QED) is 0.753. The van der Waals surface area contributed by atoms with Crippen LogP contribution in [0, 0.1) is 0 Å². The lowest BCUT2D eigenvalue weighted by atomic mass is 10.2. The van der Waals surface area contributed by atoms with Crippen LogP contribution in [-0.4, -0.2) is 38.3 Å². The largest absolute Gasteiger partial charge is 0.242 e. The summed E-state index contributed by atoms with van der Waals surface area (Å²) in [5, 5.41) is 0.379. The van der Waals surface area contributed by atoms with Crippen molar-refractivity contribution in [3.8, 4) is 0 Å². The Bertz CT molecular complexity index is 506. The topological polar surface area (TPSA) is 37.4 Å². The molecular formula is C11H15Cl2NO2S2. The molecule has 0 fully saturated rings. The highest BCUT2D eigenvalue weighted by Gasteiger charge is 2.21. The van der Waals surface area contributed by atoms with Crippen LogP contribution in [0.1, 0.15) is 5.56 Å². The smallest absolute Gasteiger partial charge is 0.207 e. The second-order valence-electron chi connectivity index (χ2n) is 3.71. The van der Waals surface area contributed by atoms with Gasteiger partial charge in [-0.25, -0.2) is 12.7 Å². The Hall–Kier alpha value is 0.0600. The van der Waals surface area contributed by atoms with Gasteiger partial charge in [-0.1, -0.05) is 17.7 Å². The number of rotatable bonds is 6. The predicted octanol–water partition coefficient (Wildman–Crippen LogP) is 3.06. The third-order valence-electron chi connectivity index (χ3n) is 2.49. The first-order valence-corrected chi connectivity index (χ1v) is 8.97. The van der Waals surface area contributed by atoms with Gasteiger partial charge in [-0.05, 0) is 24.0 Å². The zero-order chi connectivity index (χ0) is 13.8. The molecule has 0 bridgehead atoms. The lowest BCUT2D eigenvalue weighted by molar-refractivity contribution is 0.488. The van der Waals surface area contributed by atoms with Crippen molar-refractivity contribution >= 4 is 45.0 Å². The van der Waals surface area contributed by atoms with E-state index in [1.54, 1.807) is 24.9 Å². The molecule has 0 aliphatic heterocycles. The van der Waals surface area contributed by atoms with Gasteiger partial charge in [-0.15, -0.1) is 11.6 Å². The summed E-state index contributed by atoms with van der Waals surface area (Å²) >= 11 is 13.3. The maximum Gasteiger partial charge on any atom is 0.242 e. The van der Waals surface area contributed by atoms with Crippen LogP contribution < -0.4 is 0 Å². The Labute approximate surface area is 123 Å². The third-order valence-corrected chi connectivity index (χ3v) is 5.57. The lowest BCUT2D eigenvalue weighted by Gasteiger charge is -2.17. The summed E-state index contributed by atoms with van der Waals surface area (Å²) in [7, 11) is -1.90. The van der Waals surface area contributed by atoms with Crippen molar-refractivity contribution < 1.29 is 8.42 Å². The van der Waals surface area contributed by atoms with Crippen molar-refractivity contribution in [2.45, 2.75) is 10.8 Å². The fourth-order valence-corrected chi connectivity index (χ4v) is 3.70. The minimum atomic E-state index is -3.47. The Morgan fingerprint density at radius 3 is 2.56 bits per heavy atom. The monoisotopic (exact) mass is 327 g/mol. The molecule has 0 heterocycles.